The van der Waals surface area contributed by atoms with Crippen LogP contribution in [0.5, 0.6) is 0 Å². The summed E-state index contributed by atoms with van der Waals surface area (Å²) >= 11 is 0. The maximum atomic E-state index is 15.0. The first kappa shape index (κ1) is 30.0. The molecule has 0 aliphatic rings. The summed E-state index contributed by atoms with van der Waals surface area (Å²) in [6, 6.07) is 6.06. The number of hydrogen-bond acceptors (Lipinski definition) is 1. The Labute approximate surface area is 223 Å². The number of benzene rings is 4. The molecule has 0 atom stereocenters. The van der Waals surface area contributed by atoms with Gasteiger partial charge in [0.1, 0.15) is 46.3 Å². The van der Waals surface area contributed by atoms with Crippen LogP contribution in [-0.2, 0) is 17.3 Å². The van der Waals surface area contributed by atoms with Crippen molar-refractivity contribution in [1.82, 2.24) is 0 Å². The smallest absolute Gasteiger partial charge is 0.222 e. The standard InChI is InChI=1S/C28H14F12O/c1-2-12-3-4-16(17(29)5-12)13-6-18(30)24(19(31)7-13)14-8-20(32)25(21(33)9-14)15-10-22(34)26(23(35)11-15)27(36,37)41-28(38,39)40/h3-11H,2H2,1H3. The molecule has 4 aromatic rings. The van der Waals surface area contributed by atoms with Gasteiger partial charge >= 0.3 is 12.5 Å². The van der Waals surface area contributed by atoms with Gasteiger partial charge < -0.3 is 0 Å². The van der Waals surface area contributed by atoms with Gasteiger partial charge in [-0.05, 0) is 71.1 Å². The zero-order valence-electron chi connectivity index (χ0n) is 20.3. The van der Waals surface area contributed by atoms with Crippen LogP contribution in [-0.4, -0.2) is 6.36 Å². The molecule has 0 heterocycles. The van der Waals surface area contributed by atoms with Crippen LogP contribution in [0.15, 0.2) is 54.6 Å². The van der Waals surface area contributed by atoms with Crippen LogP contribution < -0.4 is 0 Å². The fourth-order valence-electron chi connectivity index (χ4n) is 4.20. The zero-order chi connectivity index (χ0) is 30.4. The molecule has 41 heavy (non-hydrogen) atoms. The van der Waals surface area contributed by atoms with Gasteiger partial charge in [-0.15, -0.1) is 13.2 Å². The number of aryl methyl sites for hydroxylation is 1. The molecule has 4 aromatic carbocycles. The Morgan fingerprint density at radius 2 is 0.951 bits per heavy atom. The summed E-state index contributed by atoms with van der Waals surface area (Å²) in [5.74, 6) is -11.4. The normalized spacial score (nSPS) is 12.2. The highest BCUT2D eigenvalue weighted by molar-refractivity contribution is 5.75. The zero-order valence-corrected chi connectivity index (χ0v) is 20.3. The fraction of sp³-hybridized carbons (Fsp3) is 0.143. The first-order valence-corrected chi connectivity index (χ1v) is 11.4. The van der Waals surface area contributed by atoms with Gasteiger partial charge in [-0.25, -0.2) is 35.5 Å². The minimum Gasteiger partial charge on any atom is -0.222 e. The number of hydrogen-bond donors (Lipinski definition) is 0. The Kier molecular flexibility index (Phi) is 7.87. The molecule has 216 valence electrons. The van der Waals surface area contributed by atoms with Crippen molar-refractivity contribution in [3.63, 3.8) is 0 Å². The van der Waals surface area contributed by atoms with Crippen LogP contribution in [0.3, 0.4) is 0 Å². The van der Waals surface area contributed by atoms with Crippen LogP contribution >= 0.6 is 0 Å². The lowest BCUT2D eigenvalue weighted by atomic mass is 9.95. The van der Waals surface area contributed by atoms with E-state index in [0.29, 0.717) is 24.1 Å². The van der Waals surface area contributed by atoms with E-state index in [4.69, 9.17) is 0 Å². The van der Waals surface area contributed by atoms with Crippen molar-refractivity contribution in [2.75, 3.05) is 0 Å². The lowest BCUT2D eigenvalue weighted by Crippen LogP contribution is -2.29. The molecule has 1 nitrogen and oxygen atoms in total. The molecular weight excluding hydrogens is 580 g/mol. The third-order valence-electron chi connectivity index (χ3n) is 5.99. The molecule has 0 saturated heterocycles. The molecule has 0 N–H and O–H groups in total. The number of halogens is 12. The van der Waals surface area contributed by atoms with Crippen molar-refractivity contribution in [2.45, 2.75) is 25.8 Å². The lowest BCUT2D eigenvalue weighted by Gasteiger charge is -2.20. The van der Waals surface area contributed by atoms with Crippen molar-refractivity contribution < 1.29 is 57.4 Å². The van der Waals surface area contributed by atoms with Crippen LogP contribution in [0.1, 0.15) is 18.1 Å². The van der Waals surface area contributed by atoms with Gasteiger partial charge in [0.2, 0.25) is 0 Å². The van der Waals surface area contributed by atoms with Gasteiger partial charge in [0.25, 0.3) is 0 Å². The van der Waals surface area contributed by atoms with E-state index in [0.717, 1.165) is 12.1 Å². The minimum atomic E-state index is -5.99. The van der Waals surface area contributed by atoms with Gasteiger partial charge in [-0.2, -0.15) is 8.78 Å². The summed E-state index contributed by atoms with van der Waals surface area (Å²) < 4.78 is 169. The van der Waals surface area contributed by atoms with Gasteiger partial charge in [-0.3, -0.25) is 0 Å². The summed E-state index contributed by atoms with van der Waals surface area (Å²) in [7, 11) is 0. The van der Waals surface area contributed by atoms with Crippen LogP contribution in [0, 0.1) is 40.7 Å². The molecule has 0 aliphatic heterocycles. The molecule has 0 radical (unpaired) electrons. The van der Waals surface area contributed by atoms with E-state index in [-0.39, 0.29) is 23.3 Å². The predicted octanol–water partition coefficient (Wildman–Crippen LogP) is 9.81. The average molecular weight is 594 g/mol. The Morgan fingerprint density at radius 3 is 1.34 bits per heavy atom. The van der Waals surface area contributed by atoms with E-state index in [1.807, 2.05) is 0 Å². The molecule has 0 bridgehead atoms. The molecule has 4 rings (SSSR count). The van der Waals surface area contributed by atoms with Gasteiger partial charge in [0.15, 0.2) is 0 Å². The van der Waals surface area contributed by atoms with Crippen LogP contribution in [0.2, 0.25) is 0 Å². The average Bonchev–Trinajstić information content (AvgIpc) is 2.80. The predicted molar refractivity (Wildman–Crippen MR) is 123 cm³/mol. The summed E-state index contributed by atoms with van der Waals surface area (Å²) in [6.45, 7) is 1.76. The maximum absolute atomic E-state index is 15.0. The Balaban J connectivity index is 1.75. The second kappa shape index (κ2) is 10.8. The highest BCUT2D eigenvalue weighted by Crippen LogP contribution is 2.41. The lowest BCUT2D eigenvalue weighted by molar-refractivity contribution is -0.432. The largest absolute Gasteiger partial charge is 0.527 e. The Hall–Kier alpha value is -4.00. The second-order valence-electron chi connectivity index (χ2n) is 8.68. The van der Waals surface area contributed by atoms with Crippen LogP contribution in [0.25, 0.3) is 33.4 Å². The third kappa shape index (κ3) is 6.04. The van der Waals surface area contributed by atoms with E-state index >= 15 is 0 Å². The molecule has 0 spiro atoms. The number of alkyl halides is 5. The van der Waals surface area contributed by atoms with Gasteiger partial charge in [0, 0.05) is 5.56 Å². The molecule has 0 fully saturated rings. The number of ether oxygens (including phenoxy) is 1. The van der Waals surface area contributed by atoms with E-state index < -0.39 is 81.0 Å². The second-order valence-corrected chi connectivity index (χ2v) is 8.68. The monoisotopic (exact) mass is 594 g/mol. The molecule has 13 heteroatoms. The van der Waals surface area contributed by atoms with Crippen molar-refractivity contribution >= 4 is 0 Å². The first-order valence-electron chi connectivity index (χ1n) is 11.4. The molecule has 0 aromatic heterocycles. The van der Waals surface area contributed by atoms with Gasteiger partial charge in [-0.1, -0.05) is 19.1 Å². The maximum Gasteiger partial charge on any atom is 0.527 e. The molecule has 0 amide bonds. The molecular formula is C28H14F12O. The minimum absolute atomic E-state index is 0.0679. The summed E-state index contributed by atoms with van der Waals surface area (Å²) in [6.07, 6.45) is -11.0. The molecule has 0 saturated carbocycles. The topological polar surface area (TPSA) is 9.23 Å². The highest BCUT2D eigenvalue weighted by atomic mass is 19.4. The van der Waals surface area contributed by atoms with E-state index in [2.05, 4.69) is 4.74 Å². The van der Waals surface area contributed by atoms with Crippen molar-refractivity contribution in [3.05, 3.63) is 106 Å². The third-order valence-corrected chi connectivity index (χ3v) is 5.99. The van der Waals surface area contributed by atoms with Crippen molar-refractivity contribution in [2.24, 2.45) is 0 Å². The highest BCUT2D eigenvalue weighted by Gasteiger charge is 2.49. The summed E-state index contributed by atoms with van der Waals surface area (Å²) in [5, 5.41) is 0. The Bertz CT molecular complexity index is 1570. The van der Waals surface area contributed by atoms with Gasteiger partial charge in [0.05, 0.1) is 11.1 Å². The quantitative estimate of drug-likeness (QED) is 0.202. The fourth-order valence-corrected chi connectivity index (χ4v) is 4.20. The van der Waals surface area contributed by atoms with E-state index in [1.54, 1.807) is 6.92 Å². The molecule has 0 unspecified atom stereocenters. The Morgan fingerprint density at radius 1 is 0.537 bits per heavy atom. The SMILES string of the molecule is CCc1ccc(-c2cc(F)c(-c3cc(F)c(-c4cc(F)c(C(F)(F)OC(F)(F)F)c(F)c4)c(F)c3)c(F)c2)c(F)c1. The van der Waals surface area contributed by atoms with E-state index in [1.165, 1.54) is 18.2 Å². The van der Waals surface area contributed by atoms with Crippen molar-refractivity contribution in [1.29, 1.82) is 0 Å². The first-order chi connectivity index (χ1) is 19.0. The van der Waals surface area contributed by atoms with E-state index in [9.17, 15) is 52.7 Å². The van der Waals surface area contributed by atoms with Crippen molar-refractivity contribution in [3.8, 4) is 33.4 Å². The van der Waals surface area contributed by atoms with Crippen LogP contribution in [0.4, 0.5) is 52.7 Å². The number of rotatable bonds is 6. The summed E-state index contributed by atoms with van der Waals surface area (Å²) in [5.41, 5.74) is -6.20. The molecule has 0 aliphatic carbocycles. The summed E-state index contributed by atoms with van der Waals surface area (Å²) in [4.78, 5) is 0.